The van der Waals surface area contributed by atoms with Crippen molar-refractivity contribution < 1.29 is 23.7 Å². The van der Waals surface area contributed by atoms with E-state index in [-0.39, 0.29) is 12.5 Å². The summed E-state index contributed by atoms with van der Waals surface area (Å²) in [6.07, 6.45) is 8.50. The number of carbonyl (C=O) groups is 1. The number of amides is 1. The van der Waals surface area contributed by atoms with Crippen molar-refractivity contribution >= 4 is 22.9 Å². The molecule has 9 heteroatoms. The van der Waals surface area contributed by atoms with Gasteiger partial charge in [-0.05, 0) is 37.5 Å². The van der Waals surface area contributed by atoms with Crippen molar-refractivity contribution in [2.75, 3.05) is 40.0 Å². The minimum Gasteiger partial charge on any atom is -0.493 e. The van der Waals surface area contributed by atoms with E-state index in [0.29, 0.717) is 45.9 Å². The molecular formula is C28H30N4O5. The molecule has 2 fully saturated rings. The fourth-order valence-corrected chi connectivity index (χ4v) is 5.22. The van der Waals surface area contributed by atoms with Gasteiger partial charge in [0.05, 0.1) is 56.1 Å². The number of allylic oxidation sites excluding steroid dienone is 1. The summed E-state index contributed by atoms with van der Waals surface area (Å²) >= 11 is 0. The summed E-state index contributed by atoms with van der Waals surface area (Å²) in [5.41, 5.74) is 4.36. The maximum Gasteiger partial charge on any atom is 0.230 e. The molecule has 3 aliphatic rings. The second-order valence-corrected chi connectivity index (χ2v) is 10.1. The Morgan fingerprint density at radius 3 is 2.70 bits per heavy atom. The van der Waals surface area contributed by atoms with E-state index in [1.54, 1.807) is 25.4 Å². The number of hydrogen-bond donors (Lipinski definition) is 0. The highest BCUT2D eigenvalue weighted by Gasteiger charge is 2.41. The summed E-state index contributed by atoms with van der Waals surface area (Å²) in [6, 6.07) is 5.57. The Morgan fingerprint density at radius 2 is 1.95 bits per heavy atom. The molecule has 1 aliphatic carbocycles. The first-order chi connectivity index (χ1) is 18.0. The topological polar surface area (TPSA) is 95.9 Å². The molecule has 1 amide bonds. The van der Waals surface area contributed by atoms with Gasteiger partial charge in [-0.3, -0.25) is 9.78 Å². The van der Waals surface area contributed by atoms with Gasteiger partial charge in [-0.15, -0.1) is 0 Å². The number of fused-ring (bicyclic) bond motifs is 2. The number of ether oxygens (including phenoxy) is 4. The number of carbonyl (C=O) groups excluding carboxylic acids is 1. The molecule has 0 bridgehead atoms. The van der Waals surface area contributed by atoms with Crippen molar-refractivity contribution in [1.82, 2.24) is 19.9 Å². The molecule has 2 saturated heterocycles. The molecule has 0 N–H and O–H groups in total. The fraction of sp³-hybridized carbons (Fsp3) is 0.429. The zero-order valence-electron chi connectivity index (χ0n) is 21.2. The van der Waals surface area contributed by atoms with Gasteiger partial charge in [0.2, 0.25) is 11.8 Å². The number of piperidine rings is 1. The van der Waals surface area contributed by atoms with E-state index in [2.05, 4.69) is 28.0 Å². The third-order valence-corrected chi connectivity index (χ3v) is 7.49. The second kappa shape index (κ2) is 9.63. The smallest absolute Gasteiger partial charge is 0.230 e. The van der Waals surface area contributed by atoms with Gasteiger partial charge in [-0.2, -0.15) is 0 Å². The summed E-state index contributed by atoms with van der Waals surface area (Å²) in [4.78, 5) is 27.9. The normalized spacial score (nSPS) is 17.8. The van der Waals surface area contributed by atoms with Crippen LogP contribution in [0, 0.1) is 5.41 Å². The first-order valence-electron chi connectivity index (χ1n) is 12.7. The molecule has 37 heavy (non-hydrogen) atoms. The Bertz CT molecular complexity index is 1370. The standard InChI is InChI=1S/C28H30N4O5/c1-18-9-19-11-20(14-29-22(19)10-18)37-27-21-12-24(34-2)25(13-23(21)30-17-31-27)36-8-3-26(33)32-6-4-28(5-7-32)15-35-16-28/h9,11-14,17H,3-8,10,15-16H2,1-2H3. The van der Waals surface area contributed by atoms with E-state index in [0.717, 1.165) is 56.8 Å². The lowest BCUT2D eigenvalue weighted by Crippen LogP contribution is -2.52. The number of pyridine rings is 1. The average Bonchev–Trinajstić information content (AvgIpc) is 3.27. The molecule has 2 aliphatic heterocycles. The van der Waals surface area contributed by atoms with E-state index in [1.807, 2.05) is 11.0 Å². The molecule has 0 saturated carbocycles. The lowest BCUT2D eigenvalue weighted by molar-refractivity contribution is -0.153. The number of nitrogens with zero attached hydrogens (tertiary/aromatic N) is 4. The van der Waals surface area contributed by atoms with Gasteiger partial charge in [0.1, 0.15) is 12.1 Å². The van der Waals surface area contributed by atoms with Crippen molar-refractivity contribution in [2.24, 2.45) is 5.41 Å². The van der Waals surface area contributed by atoms with E-state index in [9.17, 15) is 4.79 Å². The summed E-state index contributed by atoms with van der Waals surface area (Å²) in [5, 5.41) is 0.692. The Morgan fingerprint density at radius 1 is 1.11 bits per heavy atom. The largest absolute Gasteiger partial charge is 0.493 e. The van der Waals surface area contributed by atoms with Crippen molar-refractivity contribution in [3.05, 3.63) is 47.6 Å². The van der Waals surface area contributed by atoms with Crippen LogP contribution in [-0.2, 0) is 16.0 Å². The van der Waals surface area contributed by atoms with Gasteiger partial charge in [0, 0.05) is 31.0 Å². The van der Waals surface area contributed by atoms with E-state index < -0.39 is 0 Å². The quantitative estimate of drug-likeness (QED) is 0.475. The predicted octanol–water partition coefficient (Wildman–Crippen LogP) is 4.19. The summed E-state index contributed by atoms with van der Waals surface area (Å²) in [6.45, 7) is 5.59. The average molecular weight is 503 g/mol. The Kier molecular flexibility index (Phi) is 6.16. The summed E-state index contributed by atoms with van der Waals surface area (Å²) in [5.74, 6) is 2.17. The molecule has 4 heterocycles. The van der Waals surface area contributed by atoms with Crippen LogP contribution in [0.4, 0.5) is 0 Å². The maximum atomic E-state index is 12.7. The molecule has 0 atom stereocenters. The van der Waals surface area contributed by atoms with Crippen LogP contribution in [-0.4, -0.2) is 65.8 Å². The fourth-order valence-electron chi connectivity index (χ4n) is 5.22. The van der Waals surface area contributed by atoms with Crippen molar-refractivity contribution in [1.29, 1.82) is 0 Å². The number of methoxy groups -OCH3 is 1. The minimum atomic E-state index is 0.112. The van der Waals surface area contributed by atoms with Gasteiger partial charge < -0.3 is 23.8 Å². The van der Waals surface area contributed by atoms with Gasteiger partial charge in [0.25, 0.3) is 0 Å². The minimum absolute atomic E-state index is 0.112. The highest BCUT2D eigenvalue weighted by molar-refractivity contribution is 5.87. The van der Waals surface area contributed by atoms with Crippen molar-refractivity contribution in [3.8, 4) is 23.1 Å². The van der Waals surface area contributed by atoms with Crippen molar-refractivity contribution in [2.45, 2.75) is 32.6 Å². The van der Waals surface area contributed by atoms with Crippen LogP contribution in [0.2, 0.25) is 0 Å². The van der Waals surface area contributed by atoms with Gasteiger partial charge in [-0.1, -0.05) is 11.6 Å². The van der Waals surface area contributed by atoms with Crippen LogP contribution in [0.5, 0.6) is 23.1 Å². The monoisotopic (exact) mass is 502 g/mol. The van der Waals surface area contributed by atoms with E-state index >= 15 is 0 Å². The number of aromatic nitrogens is 3. The van der Waals surface area contributed by atoms with Gasteiger partial charge >= 0.3 is 0 Å². The van der Waals surface area contributed by atoms with Crippen LogP contribution in [0.1, 0.15) is 37.4 Å². The third kappa shape index (κ3) is 4.71. The zero-order valence-corrected chi connectivity index (χ0v) is 21.2. The molecule has 0 radical (unpaired) electrons. The molecule has 2 aromatic heterocycles. The second-order valence-electron chi connectivity index (χ2n) is 10.1. The van der Waals surface area contributed by atoms with E-state index in [1.165, 1.54) is 11.9 Å². The van der Waals surface area contributed by atoms with Crippen LogP contribution in [0.25, 0.3) is 17.0 Å². The summed E-state index contributed by atoms with van der Waals surface area (Å²) in [7, 11) is 1.58. The number of benzene rings is 1. The highest BCUT2D eigenvalue weighted by Crippen LogP contribution is 2.39. The lowest BCUT2D eigenvalue weighted by Gasteiger charge is -2.47. The highest BCUT2D eigenvalue weighted by atomic mass is 16.5. The first kappa shape index (κ1) is 23.7. The Balaban J connectivity index is 1.13. The van der Waals surface area contributed by atoms with E-state index in [4.69, 9.17) is 18.9 Å². The zero-order chi connectivity index (χ0) is 25.4. The van der Waals surface area contributed by atoms with Crippen LogP contribution < -0.4 is 14.2 Å². The van der Waals surface area contributed by atoms with Crippen molar-refractivity contribution in [3.63, 3.8) is 0 Å². The lowest BCUT2D eigenvalue weighted by atomic mass is 9.77. The Hall–Kier alpha value is -3.72. The number of likely N-dealkylation sites (tertiary alicyclic amines) is 1. The number of rotatable bonds is 7. The molecular weight excluding hydrogens is 472 g/mol. The third-order valence-electron chi connectivity index (χ3n) is 7.49. The molecule has 192 valence electrons. The first-order valence-corrected chi connectivity index (χ1v) is 12.7. The van der Waals surface area contributed by atoms with Crippen LogP contribution in [0.15, 0.2) is 36.3 Å². The predicted molar refractivity (Wildman–Crippen MR) is 137 cm³/mol. The number of hydrogen-bond acceptors (Lipinski definition) is 8. The van der Waals surface area contributed by atoms with Crippen LogP contribution in [0.3, 0.4) is 0 Å². The van der Waals surface area contributed by atoms with Gasteiger partial charge in [-0.25, -0.2) is 9.97 Å². The summed E-state index contributed by atoms with van der Waals surface area (Å²) < 4.78 is 23.0. The molecule has 1 spiro atoms. The molecule has 1 aromatic carbocycles. The Labute approximate surface area is 215 Å². The molecule has 9 nitrogen and oxygen atoms in total. The molecule has 6 rings (SSSR count). The van der Waals surface area contributed by atoms with Gasteiger partial charge in [0.15, 0.2) is 11.5 Å². The molecule has 0 unspecified atom stereocenters. The maximum absolute atomic E-state index is 12.7. The van der Waals surface area contributed by atoms with Crippen LogP contribution >= 0.6 is 0 Å². The molecule has 3 aromatic rings. The SMILES string of the molecule is COc1cc2c(Oc3cnc4c(c3)C=C(C)C4)ncnc2cc1OCCC(=O)N1CCC2(CC1)COC2.